The van der Waals surface area contributed by atoms with Gasteiger partial charge in [-0.3, -0.25) is 0 Å². The maximum atomic E-state index is 12.1. The highest BCUT2D eigenvalue weighted by molar-refractivity contribution is 5.30. The number of aliphatic hydroxyl groups is 3. The van der Waals surface area contributed by atoms with Crippen LogP contribution in [-0.2, 0) is 45.4 Å². The summed E-state index contributed by atoms with van der Waals surface area (Å²) in [5.41, 5.74) is 6.48. The molecule has 0 aliphatic rings. The summed E-state index contributed by atoms with van der Waals surface area (Å²) < 4.78 is 47.9. The zero-order valence-electron chi connectivity index (χ0n) is 48.6. The van der Waals surface area contributed by atoms with Crippen LogP contribution in [0.4, 0.5) is 0 Å². The van der Waals surface area contributed by atoms with E-state index >= 15 is 0 Å². The van der Waals surface area contributed by atoms with E-state index in [1.165, 1.54) is 51.4 Å². The van der Waals surface area contributed by atoms with Gasteiger partial charge in [-0.05, 0) is 121 Å². The maximum absolute atomic E-state index is 12.1. The third kappa shape index (κ3) is 23.5. The molecule has 3 N–H and O–H groups in total. The van der Waals surface area contributed by atoms with Crippen LogP contribution in [-0.4, -0.2) is 87.5 Å². The molecule has 0 amide bonds. The number of benzene rings is 4. The lowest BCUT2D eigenvalue weighted by atomic mass is 9.87. The Balaban J connectivity index is 1.53. The van der Waals surface area contributed by atoms with E-state index < -0.39 is 30.3 Å². The molecule has 0 fully saturated rings. The van der Waals surface area contributed by atoms with Crippen LogP contribution in [0.3, 0.4) is 0 Å². The number of hydrogen-bond acceptors (Lipinski definition) is 11. The smallest absolute Gasteiger partial charge is 0.118 e. The molecule has 0 bridgehead atoms. The van der Waals surface area contributed by atoms with Gasteiger partial charge in [-0.15, -0.1) is 0 Å². The quantitative estimate of drug-likeness (QED) is 0.0224. The molecule has 0 saturated carbocycles. The van der Waals surface area contributed by atoms with E-state index in [2.05, 4.69) is 52.0 Å². The van der Waals surface area contributed by atoms with Crippen LogP contribution in [0.25, 0.3) is 0 Å². The van der Waals surface area contributed by atoms with Crippen molar-refractivity contribution in [1.82, 2.24) is 0 Å². The standard InChI is InChI=1S/C66H96O11/c1-12-13-14-15-16-17-18-19-20-48(3)65(76-44-55-25-33-60(72-10)34-26-55)52(7)38-47(2)37-50(5)64(69)51(6)39-49(4)62(68)40-57(46-74-42-53-21-29-58(70-8)30-22-53)66(77-45-56-27-35-61(73-11)36-28-56)63(41-67)75-43-54-23-31-59(71-9)32-24-54/h21-39,48,51-52,57,62-69H,12-20,40-46H2,1-11H3/b47-38+,49-39+,50-37+/t48-,51+,52-,57+,62-,63+,64-,65+,66+/m0/s1. The lowest BCUT2D eigenvalue weighted by Gasteiger charge is -2.34. The third-order valence-corrected chi connectivity index (χ3v) is 14.7. The topological polar surface area (TPSA) is 135 Å². The monoisotopic (exact) mass is 1060 g/mol. The summed E-state index contributed by atoms with van der Waals surface area (Å²) in [6.07, 6.45) is 14.8. The summed E-state index contributed by atoms with van der Waals surface area (Å²) in [6, 6.07) is 31.0. The first kappa shape index (κ1) is 64.5. The van der Waals surface area contributed by atoms with Gasteiger partial charge in [0.25, 0.3) is 0 Å². The van der Waals surface area contributed by atoms with Gasteiger partial charge in [0.05, 0.1) is 92.5 Å². The van der Waals surface area contributed by atoms with Crippen LogP contribution in [0.5, 0.6) is 23.0 Å². The minimum Gasteiger partial charge on any atom is -0.497 e. The molecule has 4 aromatic carbocycles. The fourth-order valence-corrected chi connectivity index (χ4v) is 10.0. The predicted octanol–water partition coefficient (Wildman–Crippen LogP) is 14.0. The van der Waals surface area contributed by atoms with Crippen LogP contribution in [0.2, 0.25) is 0 Å². The Morgan fingerprint density at radius 2 is 0.935 bits per heavy atom. The summed E-state index contributed by atoms with van der Waals surface area (Å²) in [6.45, 7) is 15.9. The van der Waals surface area contributed by atoms with Gasteiger partial charge in [0, 0.05) is 17.8 Å². The minimum absolute atomic E-state index is 0.0121. The molecule has 0 heterocycles. The van der Waals surface area contributed by atoms with Gasteiger partial charge in [-0.1, -0.05) is 151 Å². The lowest BCUT2D eigenvalue weighted by Crippen LogP contribution is -2.43. The van der Waals surface area contributed by atoms with Gasteiger partial charge >= 0.3 is 0 Å². The Kier molecular flexibility index (Phi) is 30.4. The van der Waals surface area contributed by atoms with Crippen molar-refractivity contribution in [2.75, 3.05) is 41.7 Å². The van der Waals surface area contributed by atoms with E-state index in [-0.39, 0.29) is 50.8 Å². The van der Waals surface area contributed by atoms with E-state index in [0.717, 1.165) is 62.8 Å². The summed E-state index contributed by atoms with van der Waals surface area (Å²) in [7, 11) is 6.57. The highest BCUT2D eigenvalue weighted by atomic mass is 16.6. The molecule has 4 rings (SSSR count). The molecule has 0 aliphatic heterocycles. The Morgan fingerprint density at radius 3 is 1.39 bits per heavy atom. The van der Waals surface area contributed by atoms with Crippen LogP contribution in [0, 0.1) is 23.7 Å². The molecule has 11 heteroatoms. The van der Waals surface area contributed by atoms with E-state index in [0.29, 0.717) is 24.7 Å². The predicted molar refractivity (Wildman–Crippen MR) is 311 cm³/mol. The van der Waals surface area contributed by atoms with Crippen molar-refractivity contribution in [3.63, 3.8) is 0 Å². The average molecular weight is 1070 g/mol. The Labute approximate surface area is 463 Å². The molecule has 0 saturated heterocycles. The molecular formula is C66H96O11. The van der Waals surface area contributed by atoms with E-state index in [1.54, 1.807) is 28.4 Å². The van der Waals surface area contributed by atoms with Crippen molar-refractivity contribution < 1.29 is 53.2 Å². The van der Waals surface area contributed by atoms with Gasteiger partial charge in [0.1, 0.15) is 29.1 Å². The fourth-order valence-electron chi connectivity index (χ4n) is 10.0. The van der Waals surface area contributed by atoms with E-state index in [4.69, 9.17) is 37.9 Å². The SMILES string of the molecule is CCCCCCCCCC[C@H](C)[C@@H](OCc1ccc(OC)cc1)[C@@H](C)/C=C(C)/C=C(\C)[C@H](O)[C@H](C)/C=C(\C)[C@@H](O)C[C@H](COCc1ccc(OC)cc1)[C@@H](OCc1ccc(OC)cc1)[C@@H](CO)OCc1ccc(OC)cc1. The normalized spacial score (nSPS) is 15.9. The first-order chi connectivity index (χ1) is 37.2. The second kappa shape index (κ2) is 36.2. The molecule has 0 radical (unpaired) electrons. The summed E-state index contributed by atoms with van der Waals surface area (Å²) >= 11 is 0. The van der Waals surface area contributed by atoms with E-state index in [9.17, 15) is 15.3 Å². The summed E-state index contributed by atoms with van der Waals surface area (Å²) in [5, 5.41) is 34.9. The fraction of sp³-hybridized carbons (Fsp3) is 0.545. The van der Waals surface area contributed by atoms with Gasteiger partial charge < -0.3 is 53.2 Å². The number of methoxy groups -OCH3 is 4. The molecule has 0 spiro atoms. The van der Waals surface area contributed by atoms with Crippen LogP contribution in [0.1, 0.15) is 135 Å². The van der Waals surface area contributed by atoms with Crippen molar-refractivity contribution in [3.05, 3.63) is 154 Å². The number of unbranched alkanes of at least 4 members (excludes halogenated alkanes) is 7. The second-order valence-corrected chi connectivity index (χ2v) is 21.1. The van der Waals surface area contributed by atoms with Crippen molar-refractivity contribution >= 4 is 0 Å². The van der Waals surface area contributed by atoms with Crippen molar-refractivity contribution in [3.8, 4) is 23.0 Å². The van der Waals surface area contributed by atoms with Gasteiger partial charge in [0.2, 0.25) is 0 Å². The first-order valence-electron chi connectivity index (χ1n) is 28.2. The Bertz CT molecular complexity index is 2270. The van der Waals surface area contributed by atoms with Crippen LogP contribution < -0.4 is 18.9 Å². The zero-order chi connectivity index (χ0) is 56.0. The lowest BCUT2D eigenvalue weighted by molar-refractivity contribution is -0.140. The zero-order valence-corrected chi connectivity index (χ0v) is 48.6. The number of allylic oxidation sites excluding steroid dienone is 2. The van der Waals surface area contributed by atoms with Gasteiger partial charge in [-0.2, -0.15) is 0 Å². The molecule has 426 valence electrons. The molecule has 4 aromatic rings. The van der Waals surface area contributed by atoms with Gasteiger partial charge in [-0.25, -0.2) is 0 Å². The van der Waals surface area contributed by atoms with Crippen molar-refractivity contribution in [2.45, 2.75) is 170 Å². The van der Waals surface area contributed by atoms with Crippen molar-refractivity contribution in [2.24, 2.45) is 23.7 Å². The minimum atomic E-state index is -0.929. The molecular weight excluding hydrogens is 969 g/mol. The number of hydrogen-bond donors (Lipinski definition) is 3. The number of rotatable bonds is 39. The largest absolute Gasteiger partial charge is 0.497 e. The van der Waals surface area contributed by atoms with Crippen LogP contribution >= 0.6 is 0 Å². The third-order valence-electron chi connectivity index (χ3n) is 14.7. The first-order valence-corrected chi connectivity index (χ1v) is 28.2. The summed E-state index contributed by atoms with van der Waals surface area (Å²) in [5.74, 6) is 2.77. The maximum Gasteiger partial charge on any atom is 0.118 e. The van der Waals surface area contributed by atoms with Crippen LogP contribution in [0.15, 0.2) is 132 Å². The second-order valence-electron chi connectivity index (χ2n) is 21.1. The highest BCUT2D eigenvalue weighted by Crippen LogP contribution is 2.30. The molecule has 77 heavy (non-hydrogen) atoms. The van der Waals surface area contributed by atoms with E-state index in [1.807, 2.05) is 112 Å². The molecule has 11 nitrogen and oxygen atoms in total. The number of ether oxygens (including phenoxy) is 8. The number of aliphatic hydroxyl groups excluding tert-OH is 3. The molecule has 9 atom stereocenters. The molecule has 0 unspecified atom stereocenters. The Morgan fingerprint density at radius 1 is 0.506 bits per heavy atom. The Hall–Kier alpha value is -4.98. The van der Waals surface area contributed by atoms with Crippen molar-refractivity contribution in [1.29, 1.82) is 0 Å². The summed E-state index contributed by atoms with van der Waals surface area (Å²) in [4.78, 5) is 0. The highest BCUT2D eigenvalue weighted by Gasteiger charge is 2.34. The van der Waals surface area contributed by atoms with Gasteiger partial charge in [0.15, 0.2) is 0 Å². The molecule has 0 aliphatic carbocycles. The average Bonchev–Trinajstić information content (AvgIpc) is 3.44. The molecule has 0 aromatic heterocycles.